The molecule has 0 saturated heterocycles. The smallest absolute Gasteiger partial charge is 0.101 e. The van der Waals surface area contributed by atoms with Gasteiger partial charge in [-0.15, -0.1) is 0 Å². The minimum Gasteiger partial charge on any atom is -0.354 e. The van der Waals surface area contributed by atoms with E-state index in [2.05, 4.69) is 44.3 Å². The third-order valence-corrected chi connectivity index (χ3v) is 3.37. The van der Waals surface area contributed by atoms with Crippen molar-refractivity contribution in [2.45, 2.75) is 26.2 Å². The van der Waals surface area contributed by atoms with Crippen molar-refractivity contribution < 1.29 is 0 Å². The fourth-order valence-corrected chi connectivity index (χ4v) is 2.10. The molecule has 0 aliphatic heterocycles. The summed E-state index contributed by atoms with van der Waals surface area (Å²) < 4.78 is 0. The zero-order chi connectivity index (χ0) is 14.8. The predicted octanol–water partition coefficient (Wildman–Crippen LogP) is 5.25. The highest BCUT2D eigenvalue weighted by Gasteiger charge is 2.13. The van der Waals surface area contributed by atoms with Crippen LogP contribution in [0.25, 0.3) is 0 Å². The summed E-state index contributed by atoms with van der Waals surface area (Å²) in [6, 6.07) is 15.6. The van der Waals surface area contributed by atoms with E-state index in [-0.39, 0.29) is 5.41 Å². The van der Waals surface area contributed by atoms with Crippen molar-refractivity contribution in [2.75, 3.05) is 5.32 Å². The first kappa shape index (κ1) is 14.4. The fourth-order valence-electron chi connectivity index (χ4n) is 1.93. The van der Waals surface area contributed by atoms with Gasteiger partial charge in [-0.1, -0.05) is 44.5 Å². The van der Waals surface area contributed by atoms with Crippen molar-refractivity contribution in [3.63, 3.8) is 0 Å². The molecule has 0 aliphatic carbocycles. The maximum Gasteiger partial charge on any atom is 0.101 e. The molecule has 2 aromatic rings. The Kier molecular flexibility index (Phi) is 4.01. The van der Waals surface area contributed by atoms with Gasteiger partial charge in [0.25, 0.3) is 0 Å². The van der Waals surface area contributed by atoms with Gasteiger partial charge in [0.2, 0.25) is 0 Å². The lowest BCUT2D eigenvalue weighted by atomic mass is 9.87. The van der Waals surface area contributed by atoms with E-state index < -0.39 is 0 Å². The summed E-state index contributed by atoms with van der Waals surface area (Å²) in [6.07, 6.45) is 0. The number of nitrogens with zero attached hydrogens (tertiary/aromatic N) is 1. The molecule has 2 nitrogen and oxygen atoms in total. The Labute approximate surface area is 125 Å². The molecule has 0 fully saturated rings. The van der Waals surface area contributed by atoms with Crippen LogP contribution in [0.5, 0.6) is 0 Å². The first-order valence-electron chi connectivity index (χ1n) is 6.47. The van der Waals surface area contributed by atoms with E-state index in [1.165, 1.54) is 5.56 Å². The summed E-state index contributed by atoms with van der Waals surface area (Å²) in [7, 11) is 0. The van der Waals surface area contributed by atoms with Gasteiger partial charge >= 0.3 is 0 Å². The molecule has 0 unspecified atom stereocenters. The van der Waals surface area contributed by atoms with Gasteiger partial charge in [-0.2, -0.15) is 5.26 Å². The second-order valence-electron chi connectivity index (χ2n) is 5.75. The Morgan fingerprint density at radius 1 is 1.05 bits per heavy atom. The van der Waals surface area contributed by atoms with Crippen LogP contribution in [0, 0.1) is 11.3 Å². The molecule has 0 aromatic heterocycles. The summed E-state index contributed by atoms with van der Waals surface area (Å²) in [4.78, 5) is 0. The third kappa shape index (κ3) is 3.31. The topological polar surface area (TPSA) is 35.8 Å². The molecule has 0 bridgehead atoms. The summed E-state index contributed by atoms with van der Waals surface area (Å²) in [5.74, 6) is 0. The van der Waals surface area contributed by atoms with Crippen molar-refractivity contribution in [3.05, 3.63) is 58.6 Å². The lowest BCUT2D eigenvalue weighted by Gasteiger charge is -2.19. The maximum absolute atomic E-state index is 9.11. The largest absolute Gasteiger partial charge is 0.354 e. The van der Waals surface area contributed by atoms with Crippen molar-refractivity contribution in [2.24, 2.45) is 0 Å². The van der Waals surface area contributed by atoms with Gasteiger partial charge in [-0.3, -0.25) is 0 Å². The van der Waals surface area contributed by atoms with Crippen LogP contribution in [0.15, 0.2) is 42.5 Å². The summed E-state index contributed by atoms with van der Waals surface area (Å²) in [6.45, 7) is 6.54. The Hall–Kier alpha value is -1.98. The SMILES string of the molecule is CC(C)(C)c1ccc(Nc2cc(Cl)ccc2C#N)cc1. The minimum absolute atomic E-state index is 0.131. The van der Waals surface area contributed by atoms with E-state index in [0.29, 0.717) is 10.6 Å². The number of hydrogen-bond acceptors (Lipinski definition) is 2. The Morgan fingerprint density at radius 3 is 2.25 bits per heavy atom. The van der Waals surface area contributed by atoms with E-state index >= 15 is 0 Å². The maximum atomic E-state index is 9.11. The average molecular weight is 285 g/mol. The minimum atomic E-state index is 0.131. The normalized spacial score (nSPS) is 10.9. The molecule has 0 saturated carbocycles. The highest BCUT2D eigenvalue weighted by Crippen LogP contribution is 2.27. The number of halogens is 1. The van der Waals surface area contributed by atoms with E-state index in [0.717, 1.165) is 11.4 Å². The van der Waals surface area contributed by atoms with Crippen molar-refractivity contribution in [1.82, 2.24) is 0 Å². The number of nitrogens with one attached hydrogen (secondary N) is 1. The molecule has 1 N–H and O–H groups in total. The van der Waals surface area contributed by atoms with Crippen LogP contribution in [0.2, 0.25) is 5.02 Å². The Morgan fingerprint density at radius 2 is 1.70 bits per heavy atom. The molecule has 2 rings (SSSR count). The van der Waals surface area contributed by atoms with Crippen LogP contribution >= 0.6 is 11.6 Å². The van der Waals surface area contributed by atoms with Crippen molar-refractivity contribution in [1.29, 1.82) is 5.26 Å². The Balaban J connectivity index is 2.27. The monoisotopic (exact) mass is 284 g/mol. The molecule has 0 spiro atoms. The van der Waals surface area contributed by atoms with Crippen LogP contribution < -0.4 is 5.32 Å². The lowest BCUT2D eigenvalue weighted by molar-refractivity contribution is 0.590. The van der Waals surface area contributed by atoms with Crippen molar-refractivity contribution in [3.8, 4) is 6.07 Å². The van der Waals surface area contributed by atoms with Crippen LogP contribution in [0.4, 0.5) is 11.4 Å². The molecular weight excluding hydrogens is 268 g/mol. The third-order valence-electron chi connectivity index (χ3n) is 3.13. The molecule has 0 atom stereocenters. The highest BCUT2D eigenvalue weighted by molar-refractivity contribution is 6.30. The van der Waals surface area contributed by atoms with E-state index in [9.17, 15) is 0 Å². The first-order valence-corrected chi connectivity index (χ1v) is 6.85. The highest BCUT2D eigenvalue weighted by atomic mass is 35.5. The lowest BCUT2D eigenvalue weighted by Crippen LogP contribution is -2.10. The predicted molar refractivity (Wildman–Crippen MR) is 84.6 cm³/mol. The number of nitriles is 1. The van der Waals surface area contributed by atoms with Crippen LogP contribution in [0.3, 0.4) is 0 Å². The number of benzene rings is 2. The molecule has 3 heteroatoms. The average Bonchev–Trinajstić information content (AvgIpc) is 2.38. The van der Waals surface area contributed by atoms with E-state index in [1.807, 2.05) is 12.1 Å². The molecule has 0 amide bonds. The second-order valence-corrected chi connectivity index (χ2v) is 6.19. The fraction of sp³-hybridized carbons (Fsp3) is 0.235. The molecule has 102 valence electrons. The molecule has 2 aromatic carbocycles. The molecule has 0 heterocycles. The molecule has 0 radical (unpaired) electrons. The second kappa shape index (κ2) is 5.56. The van der Waals surface area contributed by atoms with Gasteiger partial charge in [0.1, 0.15) is 6.07 Å². The van der Waals surface area contributed by atoms with Crippen molar-refractivity contribution >= 4 is 23.0 Å². The first-order chi connectivity index (χ1) is 9.40. The summed E-state index contributed by atoms with van der Waals surface area (Å²) >= 11 is 5.98. The number of rotatable bonds is 2. The molecule has 0 aliphatic rings. The number of anilines is 2. The van der Waals surface area contributed by atoms with Gasteiger partial charge in [0.15, 0.2) is 0 Å². The van der Waals surface area contributed by atoms with Crippen LogP contribution in [-0.4, -0.2) is 0 Å². The standard InChI is InChI=1S/C17H17ClN2/c1-17(2,3)13-5-8-15(9-6-13)20-16-10-14(18)7-4-12(16)11-19/h4-10,20H,1-3H3. The van der Waals surface area contributed by atoms with E-state index in [4.69, 9.17) is 16.9 Å². The molecular formula is C17H17ClN2. The van der Waals surface area contributed by atoms with Gasteiger partial charge in [0, 0.05) is 10.7 Å². The van der Waals surface area contributed by atoms with Crippen LogP contribution in [-0.2, 0) is 5.41 Å². The number of hydrogen-bond donors (Lipinski definition) is 1. The zero-order valence-electron chi connectivity index (χ0n) is 11.9. The quantitative estimate of drug-likeness (QED) is 0.817. The van der Waals surface area contributed by atoms with Gasteiger partial charge in [-0.05, 0) is 41.3 Å². The van der Waals surface area contributed by atoms with Gasteiger partial charge in [0.05, 0.1) is 11.3 Å². The van der Waals surface area contributed by atoms with Gasteiger partial charge < -0.3 is 5.32 Å². The van der Waals surface area contributed by atoms with Gasteiger partial charge in [-0.25, -0.2) is 0 Å². The Bertz CT molecular complexity index is 646. The van der Waals surface area contributed by atoms with Crippen LogP contribution in [0.1, 0.15) is 31.9 Å². The molecule has 20 heavy (non-hydrogen) atoms. The summed E-state index contributed by atoms with van der Waals surface area (Å²) in [5, 5.41) is 13.0. The summed E-state index contributed by atoms with van der Waals surface area (Å²) in [5.41, 5.74) is 3.65. The zero-order valence-corrected chi connectivity index (χ0v) is 12.6. The van der Waals surface area contributed by atoms with E-state index in [1.54, 1.807) is 18.2 Å².